The van der Waals surface area contributed by atoms with Crippen molar-refractivity contribution in [1.82, 2.24) is 10.6 Å². The van der Waals surface area contributed by atoms with E-state index in [0.29, 0.717) is 29.6 Å². The van der Waals surface area contributed by atoms with E-state index >= 15 is 0 Å². The van der Waals surface area contributed by atoms with Gasteiger partial charge in [-0.05, 0) is 35.9 Å². The predicted octanol–water partition coefficient (Wildman–Crippen LogP) is 2.03. The molecule has 0 saturated carbocycles. The fraction of sp³-hybridized carbons (Fsp3) is 0.300. The lowest BCUT2D eigenvalue weighted by Crippen LogP contribution is -2.36. The monoisotopic (exact) mass is 422 g/mol. The van der Waals surface area contributed by atoms with E-state index in [4.69, 9.17) is 15.2 Å². The van der Waals surface area contributed by atoms with Crippen molar-refractivity contribution in [2.24, 2.45) is 10.7 Å². The summed E-state index contributed by atoms with van der Waals surface area (Å²) in [7, 11) is 3.08. The van der Waals surface area contributed by atoms with E-state index in [1.165, 1.54) is 13.2 Å². The summed E-state index contributed by atoms with van der Waals surface area (Å²) in [6, 6.07) is 11.7. The van der Waals surface area contributed by atoms with Crippen molar-refractivity contribution in [3.63, 3.8) is 0 Å². The molecule has 0 aromatic heterocycles. The molecule has 10 heteroatoms. The summed E-state index contributed by atoms with van der Waals surface area (Å²) in [4.78, 5) is 14.9. The van der Waals surface area contributed by atoms with Crippen LogP contribution in [0.15, 0.2) is 47.5 Å². The Morgan fingerprint density at radius 2 is 1.90 bits per heavy atom. The number of hydrogen-bond acceptors (Lipinski definition) is 5. The number of guanidine groups is 1. The van der Waals surface area contributed by atoms with Crippen molar-refractivity contribution in [3.8, 4) is 17.2 Å². The Kier molecular flexibility index (Phi) is 8.67. The molecule has 0 aliphatic carbocycles. The van der Waals surface area contributed by atoms with Gasteiger partial charge in [0.2, 0.25) is 0 Å². The highest BCUT2D eigenvalue weighted by Crippen LogP contribution is 2.25. The van der Waals surface area contributed by atoms with Crippen molar-refractivity contribution in [2.75, 3.05) is 20.8 Å². The minimum atomic E-state index is -2.93. The highest BCUT2D eigenvalue weighted by atomic mass is 19.3. The molecule has 0 aliphatic rings. The van der Waals surface area contributed by atoms with Gasteiger partial charge in [0, 0.05) is 25.7 Å². The average molecular weight is 422 g/mol. The van der Waals surface area contributed by atoms with Gasteiger partial charge >= 0.3 is 6.61 Å². The number of ether oxygens (including phenoxy) is 3. The van der Waals surface area contributed by atoms with Gasteiger partial charge in [-0.25, -0.2) is 0 Å². The maximum atomic E-state index is 12.6. The molecule has 1 amide bonds. The second-order valence-electron chi connectivity index (χ2n) is 6.03. The third kappa shape index (κ3) is 7.46. The largest absolute Gasteiger partial charge is 0.497 e. The van der Waals surface area contributed by atoms with E-state index in [-0.39, 0.29) is 18.9 Å². The van der Waals surface area contributed by atoms with Gasteiger partial charge in [-0.1, -0.05) is 12.1 Å². The van der Waals surface area contributed by atoms with E-state index in [2.05, 4.69) is 20.4 Å². The maximum Gasteiger partial charge on any atom is 0.387 e. The molecule has 0 bridgehead atoms. The van der Waals surface area contributed by atoms with E-state index in [1.54, 1.807) is 37.4 Å². The number of benzene rings is 2. The van der Waals surface area contributed by atoms with Gasteiger partial charge in [0.1, 0.15) is 17.2 Å². The highest BCUT2D eigenvalue weighted by Gasteiger charge is 2.12. The van der Waals surface area contributed by atoms with Crippen LogP contribution in [0.1, 0.15) is 11.1 Å². The normalized spacial score (nSPS) is 11.2. The number of rotatable bonds is 10. The van der Waals surface area contributed by atoms with Gasteiger partial charge in [0.25, 0.3) is 5.91 Å². The van der Waals surface area contributed by atoms with Crippen LogP contribution in [0.5, 0.6) is 17.2 Å². The number of nitrogens with two attached hydrogens (primary N) is 1. The molecule has 2 aromatic rings. The van der Waals surface area contributed by atoms with E-state index in [9.17, 15) is 13.6 Å². The topological polar surface area (TPSA) is 107 Å². The standard InChI is InChI=1S/C20H24F2N4O4/c1-24-20(25-10-13-4-3-5-16(8-13)29-12-18(23)27)26-11-14-9-15(28-2)6-7-17(14)30-19(21)22/h3-9,19H,10-12H2,1-2H3,(H2,23,27)(H2,24,25,26). The third-order valence-electron chi connectivity index (χ3n) is 3.89. The van der Waals surface area contributed by atoms with Crippen molar-refractivity contribution in [1.29, 1.82) is 0 Å². The molecular formula is C20H24F2N4O4. The quantitative estimate of drug-likeness (QED) is 0.400. The van der Waals surface area contributed by atoms with Gasteiger partial charge in [-0.2, -0.15) is 8.78 Å². The Hall–Kier alpha value is -3.56. The number of halogens is 2. The first-order valence-corrected chi connectivity index (χ1v) is 8.97. The van der Waals surface area contributed by atoms with Crippen LogP contribution in [0.4, 0.5) is 8.78 Å². The van der Waals surface area contributed by atoms with Crippen LogP contribution in [0, 0.1) is 0 Å². The molecule has 0 radical (unpaired) electrons. The number of primary amides is 1. The summed E-state index contributed by atoms with van der Waals surface area (Å²) in [6.07, 6.45) is 0. The molecule has 2 aromatic carbocycles. The zero-order valence-electron chi connectivity index (χ0n) is 16.7. The van der Waals surface area contributed by atoms with Crippen LogP contribution in [0.25, 0.3) is 0 Å². The average Bonchev–Trinajstić information content (AvgIpc) is 2.73. The zero-order chi connectivity index (χ0) is 21.9. The number of nitrogens with one attached hydrogen (secondary N) is 2. The Labute approximate surface area is 173 Å². The summed E-state index contributed by atoms with van der Waals surface area (Å²) in [6.45, 7) is -2.55. The summed E-state index contributed by atoms with van der Waals surface area (Å²) in [5.41, 5.74) is 6.44. The summed E-state index contributed by atoms with van der Waals surface area (Å²) >= 11 is 0. The number of methoxy groups -OCH3 is 1. The summed E-state index contributed by atoms with van der Waals surface area (Å²) in [5, 5.41) is 6.15. The van der Waals surface area contributed by atoms with E-state index in [1.807, 2.05) is 6.07 Å². The maximum absolute atomic E-state index is 12.6. The molecule has 0 heterocycles. The Morgan fingerprint density at radius 3 is 2.57 bits per heavy atom. The fourth-order valence-electron chi connectivity index (χ4n) is 2.52. The Morgan fingerprint density at radius 1 is 1.13 bits per heavy atom. The first-order valence-electron chi connectivity index (χ1n) is 8.97. The van der Waals surface area contributed by atoms with Crippen LogP contribution in [0.3, 0.4) is 0 Å². The number of carbonyl (C=O) groups is 1. The molecule has 162 valence electrons. The van der Waals surface area contributed by atoms with E-state index in [0.717, 1.165) is 5.56 Å². The number of amides is 1. The summed E-state index contributed by atoms with van der Waals surface area (Å²) < 4.78 is 40.3. The zero-order valence-corrected chi connectivity index (χ0v) is 16.7. The molecule has 2 rings (SSSR count). The third-order valence-corrected chi connectivity index (χ3v) is 3.89. The van der Waals surface area contributed by atoms with Gasteiger partial charge in [0.05, 0.1) is 7.11 Å². The molecule has 0 atom stereocenters. The number of alkyl halides is 2. The van der Waals surface area contributed by atoms with Crippen molar-refractivity contribution < 1.29 is 27.8 Å². The molecule has 4 N–H and O–H groups in total. The molecular weight excluding hydrogens is 398 g/mol. The van der Waals surface area contributed by atoms with Gasteiger partial charge in [0.15, 0.2) is 12.6 Å². The molecule has 30 heavy (non-hydrogen) atoms. The lowest BCUT2D eigenvalue weighted by molar-refractivity contribution is -0.119. The van der Waals surface area contributed by atoms with Crippen LogP contribution >= 0.6 is 0 Å². The van der Waals surface area contributed by atoms with Crippen LogP contribution < -0.4 is 30.6 Å². The Bertz CT molecular complexity index is 878. The number of carbonyl (C=O) groups excluding carboxylic acids is 1. The van der Waals surface area contributed by atoms with Crippen molar-refractivity contribution in [2.45, 2.75) is 19.7 Å². The summed E-state index contributed by atoms with van der Waals surface area (Å²) in [5.74, 6) is 0.971. The van der Waals surface area contributed by atoms with Gasteiger partial charge in [-0.15, -0.1) is 0 Å². The minimum Gasteiger partial charge on any atom is -0.497 e. The second-order valence-corrected chi connectivity index (χ2v) is 6.03. The Balaban J connectivity index is 1.97. The second kappa shape index (κ2) is 11.4. The number of hydrogen-bond donors (Lipinski definition) is 3. The highest BCUT2D eigenvalue weighted by molar-refractivity contribution is 5.79. The van der Waals surface area contributed by atoms with Crippen LogP contribution in [-0.4, -0.2) is 39.2 Å². The lowest BCUT2D eigenvalue weighted by atomic mass is 10.2. The van der Waals surface area contributed by atoms with Gasteiger partial charge in [-0.3, -0.25) is 9.79 Å². The predicted molar refractivity (Wildman–Crippen MR) is 108 cm³/mol. The van der Waals surface area contributed by atoms with E-state index < -0.39 is 12.5 Å². The van der Waals surface area contributed by atoms with Crippen LogP contribution in [0.2, 0.25) is 0 Å². The first-order chi connectivity index (χ1) is 14.4. The smallest absolute Gasteiger partial charge is 0.387 e. The first kappa shape index (κ1) is 22.7. The molecule has 0 fully saturated rings. The molecule has 8 nitrogen and oxygen atoms in total. The molecule has 0 unspecified atom stereocenters. The van der Waals surface area contributed by atoms with Crippen LogP contribution in [-0.2, 0) is 17.9 Å². The SMILES string of the molecule is CN=C(NCc1cccc(OCC(N)=O)c1)NCc1cc(OC)ccc1OC(F)F. The fourth-order valence-corrected chi connectivity index (χ4v) is 2.52. The minimum absolute atomic E-state index is 0.0491. The lowest BCUT2D eigenvalue weighted by Gasteiger charge is -2.15. The number of nitrogens with zero attached hydrogens (tertiary/aromatic N) is 1. The van der Waals surface area contributed by atoms with Crippen molar-refractivity contribution >= 4 is 11.9 Å². The van der Waals surface area contributed by atoms with Gasteiger partial charge < -0.3 is 30.6 Å². The number of aliphatic imine (C=N–C) groups is 1. The molecule has 0 saturated heterocycles. The molecule has 0 spiro atoms. The van der Waals surface area contributed by atoms with Crippen molar-refractivity contribution in [3.05, 3.63) is 53.6 Å². The molecule has 0 aliphatic heterocycles.